The van der Waals surface area contributed by atoms with E-state index in [1.54, 1.807) is 17.5 Å². The second kappa shape index (κ2) is 5.13. The van der Waals surface area contributed by atoms with Crippen LogP contribution in [0.1, 0.15) is 16.8 Å². The minimum absolute atomic E-state index is 0.0798. The summed E-state index contributed by atoms with van der Waals surface area (Å²) in [5, 5.41) is 4.78. The van der Waals surface area contributed by atoms with Crippen LogP contribution in [0.4, 0.5) is 0 Å². The molecule has 1 aliphatic heterocycles. The van der Waals surface area contributed by atoms with Crippen molar-refractivity contribution < 1.29 is 8.42 Å². The molecule has 2 aromatic rings. The smallest absolute Gasteiger partial charge is 0.304 e. The average Bonchev–Trinajstić information content (AvgIpc) is 3.04. The highest BCUT2D eigenvalue weighted by Gasteiger charge is 2.18. The first-order chi connectivity index (χ1) is 9.54. The molecule has 0 fully saturated rings. The van der Waals surface area contributed by atoms with Gasteiger partial charge in [0.1, 0.15) is 0 Å². The standard InChI is InChI=1S/C12H13N3O3S2/c16-12-15-10(7-19-12)6-14-20(17,18)11-2-1-8-4-13-5-9(8)3-11/h1-3,7,13-14H,4-6H2,(H,15,16). The molecule has 8 heteroatoms. The Balaban J connectivity index is 1.79. The molecule has 0 amide bonds. The number of benzene rings is 1. The summed E-state index contributed by atoms with van der Waals surface area (Å²) in [5.41, 5.74) is 2.70. The minimum atomic E-state index is -3.57. The van der Waals surface area contributed by atoms with Crippen LogP contribution in [0.5, 0.6) is 0 Å². The molecule has 0 atom stereocenters. The van der Waals surface area contributed by atoms with E-state index in [9.17, 15) is 13.2 Å². The van der Waals surface area contributed by atoms with E-state index in [4.69, 9.17) is 0 Å². The zero-order valence-electron chi connectivity index (χ0n) is 10.5. The van der Waals surface area contributed by atoms with Crippen LogP contribution in [0.25, 0.3) is 0 Å². The lowest BCUT2D eigenvalue weighted by atomic mass is 10.1. The number of sulfonamides is 1. The van der Waals surface area contributed by atoms with E-state index in [0.717, 1.165) is 29.0 Å². The minimum Gasteiger partial charge on any atom is -0.315 e. The predicted octanol–water partition coefficient (Wildman–Crippen LogP) is 0.518. The lowest BCUT2D eigenvalue weighted by molar-refractivity contribution is 0.580. The fourth-order valence-corrected chi connectivity index (χ4v) is 3.73. The van der Waals surface area contributed by atoms with Crippen molar-refractivity contribution in [1.82, 2.24) is 15.0 Å². The zero-order valence-corrected chi connectivity index (χ0v) is 12.1. The molecule has 0 unspecified atom stereocenters. The molecule has 1 aliphatic rings. The largest absolute Gasteiger partial charge is 0.315 e. The quantitative estimate of drug-likeness (QED) is 0.767. The third kappa shape index (κ3) is 2.68. The normalized spacial score (nSPS) is 14.4. The fourth-order valence-electron chi connectivity index (χ4n) is 2.09. The van der Waals surface area contributed by atoms with Gasteiger partial charge < -0.3 is 10.3 Å². The van der Waals surface area contributed by atoms with Gasteiger partial charge in [-0.2, -0.15) is 0 Å². The molecule has 0 radical (unpaired) electrons. The maximum atomic E-state index is 12.2. The second-order valence-corrected chi connectivity index (χ2v) is 7.14. The van der Waals surface area contributed by atoms with Gasteiger partial charge in [-0.3, -0.25) is 4.79 Å². The second-order valence-electron chi connectivity index (χ2n) is 4.53. The highest BCUT2D eigenvalue weighted by atomic mass is 32.2. The van der Waals surface area contributed by atoms with Gasteiger partial charge in [-0.25, -0.2) is 13.1 Å². The van der Waals surface area contributed by atoms with Crippen LogP contribution in [0.2, 0.25) is 0 Å². The lowest BCUT2D eigenvalue weighted by Crippen LogP contribution is -2.23. The molecule has 2 heterocycles. The van der Waals surface area contributed by atoms with Gasteiger partial charge in [-0.05, 0) is 23.3 Å². The summed E-state index contributed by atoms with van der Waals surface area (Å²) in [7, 11) is -3.57. The Hall–Kier alpha value is -1.48. The Morgan fingerprint density at radius 3 is 2.80 bits per heavy atom. The summed E-state index contributed by atoms with van der Waals surface area (Å²) in [4.78, 5) is 13.6. The highest BCUT2D eigenvalue weighted by molar-refractivity contribution is 7.89. The van der Waals surface area contributed by atoms with E-state index in [2.05, 4.69) is 15.0 Å². The van der Waals surface area contributed by atoms with Crippen molar-refractivity contribution in [2.45, 2.75) is 24.5 Å². The highest BCUT2D eigenvalue weighted by Crippen LogP contribution is 2.20. The zero-order chi connectivity index (χ0) is 14.2. The number of thiazole rings is 1. The average molecular weight is 311 g/mol. The number of hydrogen-bond donors (Lipinski definition) is 3. The summed E-state index contributed by atoms with van der Waals surface area (Å²) in [6.45, 7) is 1.55. The summed E-state index contributed by atoms with van der Waals surface area (Å²) in [6, 6.07) is 5.12. The first-order valence-corrected chi connectivity index (χ1v) is 8.40. The Bertz CT molecular complexity index is 792. The van der Waals surface area contributed by atoms with Crippen molar-refractivity contribution in [1.29, 1.82) is 0 Å². The van der Waals surface area contributed by atoms with E-state index in [0.29, 0.717) is 12.2 Å². The molecule has 0 saturated heterocycles. The first-order valence-electron chi connectivity index (χ1n) is 6.03. The number of aromatic amines is 1. The molecule has 1 aromatic heterocycles. The van der Waals surface area contributed by atoms with Crippen LogP contribution < -0.4 is 14.9 Å². The molecule has 0 aliphatic carbocycles. The first kappa shape index (κ1) is 13.5. The fraction of sp³-hybridized carbons (Fsp3) is 0.250. The molecule has 0 bridgehead atoms. The maximum Gasteiger partial charge on any atom is 0.304 e. The van der Waals surface area contributed by atoms with Gasteiger partial charge in [0.2, 0.25) is 10.0 Å². The van der Waals surface area contributed by atoms with Crippen molar-refractivity contribution in [3.63, 3.8) is 0 Å². The molecule has 0 saturated carbocycles. The van der Waals surface area contributed by atoms with Gasteiger partial charge in [0, 0.05) is 24.2 Å². The van der Waals surface area contributed by atoms with Crippen LogP contribution in [-0.2, 0) is 29.7 Å². The topological polar surface area (TPSA) is 91.1 Å². The van der Waals surface area contributed by atoms with Crippen LogP contribution in [-0.4, -0.2) is 13.4 Å². The molecule has 106 valence electrons. The van der Waals surface area contributed by atoms with Gasteiger partial charge in [-0.1, -0.05) is 17.4 Å². The number of H-pyrrole nitrogens is 1. The van der Waals surface area contributed by atoms with Gasteiger partial charge in [0.15, 0.2) is 0 Å². The molecule has 20 heavy (non-hydrogen) atoms. The maximum absolute atomic E-state index is 12.2. The van der Waals surface area contributed by atoms with Crippen molar-refractivity contribution in [3.05, 3.63) is 50.1 Å². The Morgan fingerprint density at radius 1 is 1.25 bits per heavy atom. The summed E-state index contributed by atoms with van der Waals surface area (Å²) in [5.74, 6) is 0. The van der Waals surface area contributed by atoms with Gasteiger partial charge in [0.25, 0.3) is 0 Å². The van der Waals surface area contributed by atoms with E-state index in [-0.39, 0.29) is 16.3 Å². The van der Waals surface area contributed by atoms with Crippen LogP contribution in [0.15, 0.2) is 33.3 Å². The van der Waals surface area contributed by atoms with Gasteiger partial charge in [-0.15, -0.1) is 0 Å². The Morgan fingerprint density at radius 2 is 2.05 bits per heavy atom. The van der Waals surface area contributed by atoms with E-state index in [1.165, 1.54) is 0 Å². The van der Waals surface area contributed by atoms with Crippen molar-refractivity contribution in [2.75, 3.05) is 0 Å². The Labute approximate surface area is 119 Å². The summed E-state index contributed by atoms with van der Waals surface area (Å²) >= 11 is 1.01. The molecule has 0 spiro atoms. The molecule has 6 nitrogen and oxygen atoms in total. The SMILES string of the molecule is O=c1[nH]c(CNS(=O)(=O)c2ccc3c(c2)CNC3)cs1. The van der Waals surface area contributed by atoms with E-state index in [1.807, 2.05) is 6.07 Å². The van der Waals surface area contributed by atoms with Crippen LogP contribution in [0, 0.1) is 0 Å². The van der Waals surface area contributed by atoms with Crippen molar-refractivity contribution >= 4 is 21.4 Å². The number of hydrogen-bond acceptors (Lipinski definition) is 5. The van der Waals surface area contributed by atoms with Crippen molar-refractivity contribution in [2.24, 2.45) is 0 Å². The third-order valence-corrected chi connectivity index (χ3v) is 5.26. The Kier molecular flexibility index (Phi) is 3.47. The lowest BCUT2D eigenvalue weighted by Gasteiger charge is -2.07. The molecular formula is C12H13N3O3S2. The van der Waals surface area contributed by atoms with Gasteiger partial charge in [0.05, 0.1) is 11.4 Å². The third-order valence-electron chi connectivity index (χ3n) is 3.14. The summed E-state index contributed by atoms with van der Waals surface area (Å²) < 4.78 is 26.9. The summed E-state index contributed by atoms with van der Waals surface area (Å²) in [6.07, 6.45) is 0. The van der Waals surface area contributed by atoms with E-state index < -0.39 is 10.0 Å². The van der Waals surface area contributed by atoms with Crippen molar-refractivity contribution in [3.8, 4) is 0 Å². The molecule has 3 rings (SSSR count). The number of nitrogens with one attached hydrogen (secondary N) is 3. The van der Waals surface area contributed by atoms with E-state index >= 15 is 0 Å². The monoisotopic (exact) mass is 311 g/mol. The predicted molar refractivity (Wildman–Crippen MR) is 76.0 cm³/mol. The van der Waals surface area contributed by atoms with Gasteiger partial charge >= 0.3 is 4.87 Å². The molecule has 3 N–H and O–H groups in total. The van der Waals surface area contributed by atoms with Crippen LogP contribution in [0.3, 0.4) is 0 Å². The number of aromatic nitrogens is 1. The molecular weight excluding hydrogens is 298 g/mol. The molecule has 1 aromatic carbocycles. The number of rotatable bonds is 4. The van der Waals surface area contributed by atoms with Crippen LogP contribution >= 0.6 is 11.3 Å². The number of fused-ring (bicyclic) bond motifs is 1.